The number of ether oxygens (including phenoxy) is 2. The first-order chi connectivity index (χ1) is 14.8. The molecule has 1 fully saturated rings. The van der Waals surface area contributed by atoms with Crippen molar-refractivity contribution in [1.82, 2.24) is 0 Å². The van der Waals surface area contributed by atoms with Crippen LogP contribution < -0.4 is 4.57 Å². The monoisotopic (exact) mass is 489 g/mol. The Bertz CT molecular complexity index is 835. The number of nitrogens with zero attached hydrogens (tertiary/aromatic N) is 1. The summed E-state index contributed by atoms with van der Waals surface area (Å²) in [5.74, 6) is -0.437. The summed E-state index contributed by atoms with van der Waals surface area (Å²) in [6, 6.07) is 3.26. The number of carbonyl (C=O) groups excluding carboxylic acids is 1. The lowest BCUT2D eigenvalue weighted by atomic mass is 10.1. The molecule has 14 heteroatoms. The Hall–Kier alpha value is -1.84. The molecule has 0 saturated carbocycles. The van der Waals surface area contributed by atoms with Crippen molar-refractivity contribution in [3.05, 3.63) is 30.1 Å². The number of pyridine rings is 1. The molecule has 3 N–H and O–H groups in total. The quantitative estimate of drug-likeness (QED) is 0.154. The third-order valence-electron chi connectivity index (χ3n) is 4.38. The average molecular weight is 489 g/mol. The highest BCUT2D eigenvalue weighted by Gasteiger charge is 2.48. The van der Waals surface area contributed by atoms with Crippen LogP contribution in [0.4, 0.5) is 13.2 Å². The van der Waals surface area contributed by atoms with E-state index in [4.69, 9.17) is 27.6 Å². The van der Waals surface area contributed by atoms with E-state index in [1.54, 1.807) is 18.3 Å². The van der Waals surface area contributed by atoms with Gasteiger partial charge in [0.15, 0.2) is 28.6 Å². The molecule has 1 aromatic rings. The van der Waals surface area contributed by atoms with Gasteiger partial charge >= 0.3 is 11.5 Å². The molecular formula is C18H26F3NO9S. The van der Waals surface area contributed by atoms with Crippen molar-refractivity contribution in [3.8, 4) is 0 Å². The number of rotatable bonds is 8. The normalized spacial score (nSPS) is 23.4. The molecule has 0 spiro atoms. The minimum Gasteiger partial charge on any atom is -0.741 e. The van der Waals surface area contributed by atoms with Gasteiger partial charge in [0.1, 0.15) is 17.8 Å². The van der Waals surface area contributed by atoms with Crippen LogP contribution in [-0.2, 0) is 19.6 Å². The maximum atomic E-state index is 12.1. The molecule has 4 atom stereocenters. The summed E-state index contributed by atoms with van der Waals surface area (Å²) in [5.41, 5.74) is -5.31. The van der Waals surface area contributed by atoms with Gasteiger partial charge in [0, 0.05) is 6.07 Å². The zero-order chi connectivity index (χ0) is 24.5. The van der Waals surface area contributed by atoms with Gasteiger partial charge in [-0.3, -0.25) is 0 Å². The Balaban J connectivity index is 0.000000547. The SMILES string of the molecule is CCCCCCOC(=O)c1ccc[n+]([C@@H]2O[C@H](CO)[C@H](O)[C@@H]2O)c1.O=S(=O)([O-])C(F)(F)F. The van der Waals surface area contributed by atoms with E-state index >= 15 is 0 Å². The van der Waals surface area contributed by atoms with E-state index in [-0.39, 0.29) is 0 Å². The molecule has 0 bridgehead atoms. The average Bonchev–Trinajstić information content (AvgIpc) is 3.01. The first-order valence-corrected chi connectivity index (χ1v) is 11.1. The van der Waals surface area contributed by atoms with Crippen molar-refractivity contribution in [2.75, 3.05) is 13.2 Å². The van der Waals surface area contributed by atoms with Gasteiger partial charge in [0.25, 0.3) is 6.23 Å². The van der Waals surface area contributed by atoms with Crippen LogP contribution in [0.25, 0.3) is 0 Å². The van der Waals surface area contributed by atoms with E-state index in [1.807, 2.05) is 0 Å². The van der Waals surface area contributed by atoms with Crippen LogP contribution in [0.2, 0.25) is 0 Å². The van der Waals surface area contributed by atoms with Crippen molar-refractivity contribution >= 4 is 16.1 Å². The van der Waals surface area contributed by atoms with E-state index in [0.717, 1.165) is 25.7 Å². The molecule has 1 aliphatic rings. The van der Waals surface area contributed by atoms with Crippen molar-refractivity contribution in [3.63, 3.8) is 0 Å². The first-order valence-electron chi connectivity index (χ1n) is 9.66. The summed E-state index contributed by atoms with van der Waals surface area (Å²) in [6.45, 7) is 2.10. The summed E-state index contributed by atoms with van der Waals surface area (Å²) in [7, 11) is -6.09. The fourth-order valence-corrected chi connectivity index (χ4v) is 2.68. The number of hydrogen-bond acceptors (Lipinski definition) is 9. The van der Waals surface area contributed by atoms with Crippen molar-refractivity contribution in [2.24, 2.45) is 0 Å². The van der Waals surface area contributed by atoms with Gasteiger partial charge < -0.3 is 29.3 Å². The Morgan fingerprint density at radius 3 is 2.38 bits per heavy atom. The van der Waals surface area contributed by atoms with Crippen LogP contribution in [0.5, 0.6) is 0 Å². The fourth-order valence-electron chi connectivity index (χ4n) is 2.68. The summed E-state index contributed by atoms with van der Waals surface area (Å²) in [5, 5.41) is 29.0. The predicted octanol–water partition coefficient (Wildman–Crippen LogP) is 0.374. The number of carbonyl (C=O) groups is 1. The predicted molar refractivity (Wildman–Crippen MR) is 99.8 cm³/mol. The molecule has 1 aromatic heterocycles. The highest BCUT2D eigenvalue weighted by atomic mass is 32.2. The maximum Gasteiger partial charge on any atom is 0.485 e. The number of halogens is 3. The lowest BCUT2D eigenvalue weighted by Gasteiger charge is -2.10. The van der Waals surface area contributed by atoms with Gasteiger partial charge in [-0.2, -0.15) is 17.7 Å². The number of aliphatic hydroxyl groups is 3. The minimum atomic E-state index is -6.09. The summed E-state index contributed by atoms with van der Waals surface area (Å²) in [4.78, 5) is 12.1. The molecule has 0 aliphatic carbocycles. The Morgan fingerprint density at radius 1 is 1.25 bits per heavy atom. The topological polar surface area (TPSA) is 157 Å². The van der Waals surface area contributed by atoms with E-state index in [2.05, 4.69) is 6.92 Å². The molecule has 0 unspecified atom stereocenters. The number of unbranched alkanes of at least 4 members (excludes halogenated alkanes) is 3. The Morgan fingerprint density at radius 2 is 1.88 bits per heavy atom. The second-order valence-electron chi connectivity index (χ2n) is 6.87. The lowest BCUT2D eigenvalue weighted by Crippen LogP contribution is -2.46. The van der Waals surface area contributed by atoms with E-state index in [0.29, 0.717) is 12.2 Å². The Kier molecular flexibility index (Phi) is 10.9. The maximum absolute atomic E-state index is 12.1. The second kappa shape index (κ2) is 12.4. The molecule has 0 amide bonds. The van der Waals surface area contributed by atoms with Crippen molar-refractivity contribution < 1.29 is 60.3 Å². The number of aliphatic hydroxyl groups excluding tert-OH is 3. The van der Waals surface area contributed by atoms with Gasteiger partial charge in [-0.05, 0) is 12.5 Å². The number of aromatic nitrogens is 1. The van der Waals surface area contributed by atoms with Crippen LogP contribution in [0.3, 0.4) is 0 Å². The van der Waals surface area contributed by atoms with Crippen LogP contribution in [-0.4, -0.2) is 71.3 Å². The van der Waals surface area contributed by atoms with Crippen LogP contribution >= 0.6 is 0 Å². The standard InChI is InChI=1S/C17H26NO6.CHF3O3S/c1-2-3-4-5-9-23-17(22)12-7-6-8-18(10-12)16-15(21)14(20)13(11-19)24-16;2-1(3,4)8(5,6)7/h6-8,10,13-16,19-21H,2-5,9,11H2,1H3;(H,5,6,7)/q+1;/p-1/t13-,14+,15+,16-;/m1./s1. The molecule has 1 aliphatic heterocycles. The highest BCUT2D eigenvalue weighted by Crippen LogP contribution is 2.25. The van der Waals surface area contributed by atoms with Gasteiger partial charge in [0.05, 0.1) is 13.2 Å². The Labute approximate surface area is 183 Å². The van der Waals surface area contributed by atoms with Gasteiger partial charge in [-0.1, -0.05) is 26.2 Å². The van der Waals surface area contributed by atoms with E-state index in [9.17, 15) is 28.2 Å². The molecule has 10 nitrogen and oxygen atoms in total. The molecule has 2 rings (SSSR count). The highest BCUT2D eigenvalue weighted by molar-refractivity contribution is 7.86. The molecule has 0 aromatic carbocycles. The molecule has 0 radical (unpaired) electrons. The lowest BCUT2D eigenvalue weighted by molar-refractivity contribution is -0.765. The molecule has 1 saturated heterocycles. The van der Waals surface area contributed by atoms with Crippen molar-refractivity contribution in [2.45, 2.75) is 62.7 Å². The minimum absolute atomic E-state index is 0.339. The summed E-state index contributed by atoms with van der Waals surface area (Å²) >= 11 is 0. The second-order valence-corrected chi connectivity index (χ2v) is 8.24. The van der Waals surface area contributed by atoms with Crippen LogP contribution in [0.15, 0.2) is 24.5 Å². The fraction of sp³-hybridized carbons (Fsp3) is 0.667. The molecule has 2 heterocycles. The smallest absolute Gasteiger partial charge is 0.485 e. The van der Waals surface area contributed by atoms with Gasteiger partial charge in [-0.25, -0.2) is 13.2 Å². The molecule has 184 valence electrons. The third-order valence-corrected chi connectivity index (χ3v) is 4.95. The molecular weight excluding hydrogens is 463 g/mol. The van der Waals surface area contributed by atoms with Crippen LogP contribution in [0, 0.1) is 0 Å². The third kappa shape index (κ3) is 8.26. The zero-order valence-corrected chi connectivity index (χ0v) is 18.0. The summed E-state index contributed by atoms with van der Waals surface area (Å²) in [6.07, 6.45) is 3.15. The molecule has 32 heavy (non-hydrogen) atoms. The summed E-state index contributed by atoms with van der Waals surface area (Å²) < 4.78 is 71.1. The van der Waals surface area contributed by atoms with E-state index in [1.165, 1.54) is 10.8 Å². The van der Waals surface area contributed by atoms with Crippen LogP contribution in [0.1, 0.15) is 49.2 Å². The first kappa shape index (κ1) is 28.2. The van der Waals surface area contributed by atoms with Gasteiger partial charge in [0.2, 0.25) is 0 Å². The largest absolute Gasteiger partial charge is 0.741 e. The number of esters is 1. The van der Waals surface area contributed by atoms with E-state index < -0.39 is 52.7 Å². The zero-order valence-electron chi connectivity index (χ0n) is 17.1. The number of alkyl halides is 3. The van der Waals surface area contributed by atoms with Gasteiger partial charge in [-0.15, -0.1) is 0 Å². The number of hydrogen-bond donors (Lipinski definition) is 3. The van der Waals surface area contributed by atoms with Crippen molar-refractivity contribution in [1.29, 1.82) is 0 Å².